The quantitative estimate of drug-likeness (QED) is 0.584. The molecule has 2 aromatic heterocycles. The van der Waals surface area contributed by atoms with Crippen LogP contribution in [0.3, 0.4) is 0 Å². The summed E-state index contributed by atoms with van der Waals surface area (Å²) >= 11 is 0. The van der Waals surface area contributed by atoms with Gasteiger partial charge in [-0.15, -0.1) is 0 Å². The van der Waals surface area contributed by atoms with E-state index >= 15 is 0 Å². The first-order chi connectivity index (χ1) is 13.2. The number of fused-ring (bicyclic) bond motifs is 6. The number of nitrogens with one attached hydrogen (secondary N) is 1. The van der Waals surface area contributed by atoms with Gasteiger partial charge in [-0.25, -0.2) is 0 Å². The number of aromatic nitrogens is 2. The second-order valence-electron chi connectivity index (χ2n) is 5.82. The summed E-state index contributed by atoms with van der Waals surface area (Å²) in [6.45, 7) is 4.21. The molecule has 0 saturated carbocycles. The molecular weight excluding hydrogens is 348 g/mol. The summed E-state index contributed by atoms with van der Waals surface area (Å²) in [5.74, 6) is 2.45. The van der Waals surface area contributed by atoms with E-state index in [0.29, 0.717) is 34.0 Å². The summed E-state index contributed by atoms with van der Waals surface area (Å²) in [5.41, 5.74) is 1.23. The number of H-pyrrole nitrogens is 1. The van der Waals surface area contributed by atoms with Gasteiger partial charge in [-0.3, -0.25) is 4.79 Å². The molecular formula is C20H20N2O5. The van der Waals surface area contributed by atoms with E-state index < -0.39 is 0 Å². The van der Waals surface area contributed by atoms with Crippen molar-refractivity contribution in [1.82, 2.24) is 9.38 Å². The van der Waals surface area contributed by atoms with Gasteiger partial charge in [0.1, 0.15) is 5.65 Å². The minimum atomic E-state index is -0.193. The summed E-state index contributed by atoms with van der Waals surface area (Å²) in [7, 11) is 3.11. The maximum Gasteiger partial charge on any atom is 0.259 e. The van der Waals surface area contributed by atoms with E-state index in [9.17, 15) is 4.79 Å². The Hall–Kier alpha value is -3.35. The molecule has 1 aliphatic rings. The molecule has 0 radical (unpaired) electrons. The van der Waals surface area contributed by atoms with Crippen molar-refractivity contribution in [2.75, 3.05) is 21.0 Å². The van der Waals surface area contributed by atoms with Gasteiger partial charge in [0.25, 0.3) is 5.56 Å². The van der Waals surface area contributed by atoms with Crippen molar-refractivity contribution < 1.29 is 18.9 Å². The molecule has 2 aromatic carbocycles. The third-order valence-electron chi connectivity index (χ3n) is 4.55. The maximum absolute atomic E-state index is 12.6. The average Bonchev–Trinajstić information content (AvgIpc) is 3.30. The van der Waals surface area contributed by atoms with Crippen LogP contribution in [0.25, 0.3) is 27.3 Å². The monoisotopic (exact) mass is 368 g/mol. The van der Waals surface area contributed by atoms with Crippen molar-refractivity contribution in [3.05, 3.63) is 40.8 Å². The Morgan fingerprint density at radius 3 is 2.33 bits per heavy atom. The molecule has 0 amide bonds. The molecule has 1 aliphatic heterocycles. The molecule has 140 valence electrons. The Morgan fingerprint density at radius 1 is 0.963 bits per heavy atom. The first-order valence-electron chi connectivity index (χ1n) is 8.72. The summed E-state index contributed by atoms with van der Waals surface area (Å²) in [5, 5.41) is 2.35. The average molecular weight is 368 g/mol. The Balaban J connectivity index is 0.000000872. The summed E-state index contributed by atoms with van der Waals surface area (Å²) in [4.78, 5) is 15.6. The van der Waals surface area contributed by atoms with Crippen LogP contribution in [0.4, 0.5) is 0 Å². The van der Waals surface area contributed by atoms with Gasteiger partial charge in [0, 0.05) is 23.0 Å². The largest absolute Gasteiger partial charge is 0.493 e. The van der Waals surface area contributed by atoms with E-state index in [2.05, 4.69) is 4.98 Å². The second kappa shape index (κ2) is 6.42. The van der Waals surface area contributed by atoms with Crippen molar-refractivity contribution >= 4 is 27.3 Å². The van der Waals surface area contributed by atoms with E-state index in [1.807, 2.05) is 36.6 Å². The lowest BCUT2D eigenvalue weighted by Gasteiger charge is -2.10. The fourth-order valence-corrected chi connectivity index (χ4v) is 3.34. The van der Waals surface area contributed by atoms with E-state index in [-0.39, 0.29) is 12.4 Å². The van der Waals surface area contributed by atoms with Crippen molar-refractivity contribution in [1.29, 1.82) is 0 Å². The van der Waals surface area contributed by atoms with Gasteiger partial charge in [-0.05, 0) is 18.2 Å². The number of ether oxygens (including phenoxy) is 4. The predicted molar refractivity (Wildman–Crippen MR) is 104 cm³/mol. The van der Waals surface area contributed by atoms with Crippen LogP contribution in [0.2, 0.25) is 0 Å². The van der Waals surface area contributed by atoms with Crippen LogP contribution in [0, 0.1) is 0 Å². The van der Waals surface area contributed by atoms with Gasteiger partial charge in [0.15, 0.2) is 23.0 Å². The van der Waals surface area contributed by atoms with Crippen LogP contribution >= 0.6 is 0 Å². The molecule has 0 fully saturated rings. The summed E-state index contributed by atoms with van der Waals surface area (Å²) in [6, 6.07) is 7.28. The maximum atomic E-state index is 12.6. The highest BCUT2D eigenvalue weighted by Gasteiger charge is 2.18. The lowest BCUT2D eigenvalue weighted by Crippen LogP contribution is -2.09. The predicted octanol–water partition coefficient (Wildman–Crippen LogP) is 3.71. The standard InChI is InChI=1S/C18H14N2O5.C2H6/c1-22-13-5-11-12(6-14(13)23-2)20-7-9-3-15-16(25-8-24-15)4-10(9)17(20)19-18(11)21;1-2/h3-7H,8H2,1-2H3,(H,19,21);1-2H3. The molecule has 7 heteroatoms. The van der Waals surface area contributed by atoms with Crippen molar-refractivity contribution in [3.63, 3.8) is 0 Å². The van der Waals surface area contributed by atoms with Crippen LogP contribution in [0.15, 0.2) is 35.3 Å². The summed E-state index contributed by atoms with van der Waals surface area (Å²) < 4.78 is 23.5. The van der Waals surface area contributed by atoms with Gasteiger partial charge in [0.2, 0.25) is 6.79 Å². The van der Waals surface area contributed by atoms with Gasteiger partial charge < -0.3 is 28.3 Å². The van der Waals surface area contributed by atoms with E-state index in [0.717, 1.165) is 16.3 Å². The minimum absolute atomic E-state index is 0.193. The molecule has 3 heterocycles. The first kappa shape index (κ1) is 17.1. The molecule has 5 rings (SSSR count). The lowest BCUT2D eigenvalue weighted by atomic mass is 10.2. The third-order valence-corrected chi connectivity index (χ3v) is 4.55. The number of rotatable bonds is 2. The highest BCUT2D eigenvalue weighted by molar-refractivity contribution is 6.00. The SMILES string of the molecule is CC.COc1cc2c(=O)[nH]c3c4cc5c(cc4cn3c2cc1OC)OCO5. The van der Waals surface area contributed by atoms with E-state index in [1.165, 1.54) is 0 Å². The van der Waals surface area contributed by atoms with E-state index in [1.54, 1.807) is 26.4 Å². The van der Waals surface area contributed by atoms with Gasteiger partial charge in [-0.1, -0.05) is 13.8 Å². The zero-order valence-corrected chi connectivity index (χ0v) is 15.6. The third kappa shape index (κ3) is 2.46. The number of hydrogen-bond acceptors (Lipinski definition) is 5. The zero-order chi connectivity index (χ0) is 19.1. The summed E-state index contributed by atoms with van der Waals surface area (Å²) in [6.07, 6.45) is 1.96. The number of methoxy groups -OCH3 is 2. The number of hydrogen-bond donors (Lipinski definition) is 1. The fraction of sp³-hybridized carbons (Fsp3) is 0.250. The Kier molecular flexibility index (Phi) is 4.07. The normalized spacial score (nSPS) is 12.3. The highest BCUT2D eigenvalue weighted by atomic mass is 16.7. The van der Waals surface area contributed by atoms with Gasteiger partial charge in [0.05, 0.1) is 25.1 Å². The van der Waals surface area contributed by atoms with Gasteiger partial charge >= 0.3 is 0 Å². The molecule has 27 heavy (non-hydrogen) atoms. The van der Waals surface area contributed by atoms with Crippen LogP contribution in [0.5, 0.6) is 23.0 Å². The molecule has 0 spiro atoms. The molecule has 1 N–H and O–H groups in total. The molecule has 0 unspecified atom stereocenters. The lowest BCUT2D eigenvalue weighted by molar-refractivity contribution is 0.174. The van der Waals surface area contributed by atoms with Gasteiger partial charge in [-0.2, -0.15) is 0 Å². The molecule has 0 saturated heterocycles. The second-order valence-corrected chi connectivity index (χ2v) is 5.82. The highest BCUT2D eigenvalue weighted by Crippen LogP contribution is 2.38. The van der Waals surface area contributed by atoms with E-state index in [4.69, 9.17) is 18.9 Å². The Morgan fingerprint density at radius 2 is 1.63 bits per heavy atom. The molecule has 7 nitrogen and oxygen atoms in total. The minimum Gasteiger partial charge on any atom is -0.493 e. The number of aromatic amines is 1. The number of benzene rings is 2. The van der Waals surface area contributed by atoms with Crippen molar-refractivity contribution in [3.8, 4) is 23.0 Å². The van der Waals surface area contributed by atoms with Crippen LogP contribution in [-0.2, 0) is 0 Å². The Bertz CT molecular complexity index is 1220. The smallest absolute Gasteiger partial charge is 0.259 e. The van der Waals surface area contributed by atoms with Crippen molar-refractivity contribution in [2.45, 2.75) is 13.8 Å². The number of nitrogens with zero attached hydrogens (tertiary/aromatic N) is 1. The van der Waals surface area contributed by atoms with Crippen LogP contribution in [-0.4, -0.2) is 30.4 Å². The van der Waals surface area contributed by atoms with Crippen molar-refractivity contribution in [2.24, 2.45) is 0 Å². The van der Waals surface area contributed by atoms with Crippen LogP contribution in [0.1, 0.15) is 13.8 Å². The topological polar surface area (TPSA) is 74.2 Å². The molecule has 0 atom stereocenters. The molecule has 0 aliphatic carbocycles. The molecule has 4 aromatic rings. The first-order valence-corrected chi connectivity index (χ1v) is 8.72. The Labute approximate surface area is 155 Å². The van der Waals surface area contributed by atoms with Crippen LogP contribution < -0.4 is 24.5 Å². The zero-order valence-electron chi connectivity index (χ0n) is 15.6. The fourth-order valence-electron chi connectivity index (χ4n) is 3.34. The molecule has 0 bridgehead atoms.